The zero-order valence-electron chi connectivity index (χ0n) is 16.0. The standard InChI is InChI=1S/C22H24N4O2/c1-28-21(27)16-9-8-10-17(15-16)23-22-24-19-12-5-4-11-18(19)20(25-22)26-13-6-2-3-7-14-26/h4-5,8-12,15H,2-3,6-7,13-14H2,1H3,(H,23,24,25). The van der Waals surface area contributed by atoms with Gasteiger partial charge in [0.1, 0.15) is 5.82 Å². The van der Waals surface area contributed by atoms with Crippen molar-refractivity contribution in [2.24, 2.45) is 0 Å². The number of carbonyl (C=O) groups is 1. The van der Waals surface area contributed by atoms with Gasteiger partial charge in [0.05, 0.1) is 18.2 Å². The maximum atomic E-state index is 11.8. The van der Waals surface area contributed by atoms with E-state index in [2.05, 4.69) is 21.3 Å². The van der Waals surface area contributed by atoms with E-state index in [4.69, 9.17) is 9.72 Å². The van der Waals surface area contributed by atoms with Crippen molar-refractivity contribution in [3.8, 4) is 0 Å². The van der Waals surface area contributed by atoms with Gasteiger partial charge in [-0.3, -0.25) is 0 Å². The summed E-state index contributed by atoms with van der Waals surface area (Å²) in [6.07, 6.45) is 4.90. The molecule has 2 aromatic carbocycles. The van der Waals surface area contributed by atoms with Crippen LogP contribution in [0.15, 0.2) is 48.5 Å². The van der Waals surface area contributed by atoms with E-state index < -0.39 is 0 Å². The zero-order chi connectivity index (χ0) is 19.3. The summed E-state index contributed by atoms with van der Waals surface area (Å²) in [4.78, 5) is 23.7. The van der Waals surface area contributed by atoms with Crippen molar-refractivity contribution in [1.82, 2.24) is 9.97 Å². The number of ether oxygens (including phenoxy) is 1. The molecule has 1 aliphatic heterocycles. The summed E-state index contributed by atoms with van der Waals surface area (Å²) in [5, 5.41) is 4.32. The SMILES string of the molecule is COC(=O)c1cccc(Nc2nc(N3CCCCCC3)c3ccccc3n2)c1. The summed E-state index contributed by atoms with van der Waals surface area (Å²) >= 11 is 0. The molecule has 6 nitrogen and oxygen atoms in total. The lowest BCUT2D eigenvalue weighted by Crippen LogP contribution is -2.25. The van der Waals surface area contributed by atoms with Gasteiger partial charge in [0, 0.05) is 24.2 Å². The molecule has 4 rings (SSSR count). The molecule has 0 amide bonds. The smallest absolute Gasteiger partial charge is 0.337 e. The van der Waals surface area contributed by atoms with Crippen LogP contribution in [0.4, 0.5) is 17.5 Å². The Kier molecular flexibility index (Phi) is 5.37. The molecule has 2 heterocycles. The van der Waals surface area contributed by atoms with Crippen molar-refractivity contribution >= 4 is 34.3 Å². The van der Waals surface area contributed by atoms with Crippen molar-refractivity contribution in [3.63, 3.8) is 0 Å². The van der Waals surface area contributed by atoms with Gasteiger partial charge in [-0.1, -0.05) is 31.0 Å². The van der Waals surface area contributed by atoms with Crippen LogP contribution in [-0.4, -0.2) is 36.1 Å². The number of carbonyl (C=O) groups excluding carboxylic acids is 1. The maximum absolute atomic E-state index is 11.8. The zero-order valence-corrected chi connectivity index (χ0v) is 16.0. The van der Waals surface area contributed by atoms with Gasteiger partial charge in [0.15, 0.2) is 0 Å². The maximum Gasteiger partial charge on any atom is 0.337 e. The fourth-order valence-electron chi connectivity index (χ4n) is 3.61. The summed E-state index contributed by atoms with van der Waals surface area (Å²) in [6, 6.07) is 15.3. The fraction of sp³-hybridized carbons (Fsp3) is 0.318. The topological polar surface area (TPSA) is 67.3 Å². The number of hydrogen-bond donors (Lipinski definition) is 1. The molecule has 1 saturated heterocycles. The minimum Gasteiger partial charge on any atom is -0.465 e. The second-order valence-electron chi connectivity index (χ2n) is 6.99. The predicted octanol–water partition coefficient (Wildman–Crippen LogP) is 4.54. The highest BCUT2D eigenvalue weighted by Crippen LogP contribution is 2.28. The molecule has 0 bridgehead atoms. The number of nitrogens with one attached hydrogen (secondary N) is 1. The normalized spacial score (nSPS) is 14.5. The number of nitrogens with zero attached hydrogens (tertiary/aromatic N) is 3. The average Bonchev–Trinajstić information content (AvgIpc) is 3.02. The van der Waals surface area contributed by atoms with Crippen LogP contribution in [0.3, 0.4) is 0 Å². The average molecular weight is 376 g/mol. The van der Waals surface area contributed by atoms with E-state index in [0.29, 0.717) is 11.5 Å². The number of rotatable bonds is 4. The molecule has 0 saturated carbocycles. The van der Waals surface area contributed by atoms with Crippen LogP contribution in [-0.2, 0) is 4.74 Å². The molecular formula is C22H24N4O2. The van der Waals surface area contributed by atoms with Crippen LogP contribution < -0.4 is 10.2 Å². The van der Waals surface area contributed by atoms with Crippen LogP contribution in [0.2, 0.25) is 0 Å². The number of hydrogen-bond acceptors (Lipinski definition) is 6. The van der Waals surface area contributed by atoms with Gasteiger partial charge >= 0.3 is 5.97 Å². The molecule has 6 heteroatoms. The highest BCUT2D eigenvalue weighted by atomic mass is 16.5. The number of anilines is 3. The van der Waals surface area contributed by atoms with Crippen LogP contribution in [0, 0.1) is 0 Å². The van der Waals surface area contributed by atoms with Gasteiger partial charge in [0.25, 0.3) is 0 Å². The van der Waals surface area contributed by atoms with Gasteiger partial charge in [-0.15, -0.1) is 0 Å². The molecule has 0 atom stereocenters. The number of fused-ring (bicyclic) bond motifs is 1. The van der Waals surface area contributed by atoms with E-state index in [1.54, 1.807) is 12.1 Å². The first-order valence-corrected chi connectivity index (χ1v) is 9.72. The first-order chi connectivity index (χ1) is 13.7. The molecular weight excluding hydrogens is 352 g/mol. The summed E-state index contributed by atoms with van der Waals surface area (Å²) < 4.78 is 4.80. The number of para-hydroxylation sites is 1. The quantitative estimate of drug-likeness (QED) is 0.674. The van der Waals surface area contributed by atoms with Crippen molar-refractivity contribution in [3.05, 3.63) is 54.1 Å². The van der Waals surface area contributed by atoms with E-state index in [0.717, 1.165) is 35.5 Å². The number of esters is 1. The Bertz CT molecular complexity index is 981. The Morgan fingerprint density at radius 3 is 2.57 bits per heavy atom. The Morgan fingerprint density at radius 1 is 1.00 bits per heavy atom. The summed E-state index contributed by atoms with van der Waals surface area (Å²) in [6.45, 7) is 2.02. The van der Waals surface area contributed by atoms with Crippen LogP contribution in [0.5, 0.6) is 0 Å². The number of aromatic nitrogens is 2. The minimum absolute atomic E-state index is 0.367. The Hall–Kier alpha value is -3.15. The van der Waals surface area contributed by atoms with E-state index in [9.17, 15) is 4.79 Å². The predicted molar refractivity (Wildman–Crippen MR) is 111 cm³/mol. The summed E-state index contributed by atoms with van der Waals surface area (Å²) in [7, 11) is 1.38. The Balaban J connectivity index is 1.71. The second kappa shape index (κ2) is 8.25. The lowest BCUT2D eigenvalue weighted by molar-refractivity contribution is 0.0601. The van der Waals surface area contributed by atoms with Crippen molar-refractivity contribution in [1.29, 1.82) is 0 Å². The van der Waals surface area contributed by atoms with Crippen molar-refractivity contribution in [2.45, 2.75) is 25.7 Å². The Morgan fingerprint density at radius 2 is 1.79 bits per heavy atom. The third-order valence-corrected chi connectivity index (χ3v) is 5.03. The molecule has 3 aromatic rings. The highest BCUT2D eigenvalue weighted by Gasteiger charge is 2.16. The minimum atomic E-state index is -0.367. The van der Waals surface area contributed by atoms with Crippen LogP contribution in [0.1, 0.15) is 36.0 Å². The van der Waals surface area contributed by atoms with E-state index in [1.807, 2.05) is 30.3 Å². The lowest BCUT2D eigenvalue weighted by atomic mass is 10.2. The number of benzene rings is 2. The van der Waals surface area contributed by atoms with Gasteiger partial charge in [-0.05, 0) is 43.2 Å². The molecule has 0 radical (unpaired) electrons. The van der Waals surface area contributed by atoms with Gasteiger partial charge < -0.3 is 15.0 Å². The third-order valence-electron chi connectivity index (χ3n) is 5.03. The molecule has 1 aromatic heterocycles. The Labute approximate surface area is 164 Å². The second-order valence-corrected chi connectivity index (χ2v) is 6.99. The lowest BCUT2D eigenvalue weighted by Gasteiger charge is -2.23. The fourth-order valence-corrected chi connectivity index (χ4v) is 3.61. The molecule has 0 aliphatic carbocycles. The van der Waals surface area contributed by atoms with E-state index in [-0.39, 0.29) is 5.97 Å². The van der Waals surface area contributed by atoms with E-state index >= 15 is 0 Å². The monoisotopic (exact) mass is 376 g/mol. The van der Waals surface area contributed by atoms with E-state index in [1.165, 1.54) is 32.8 Å². The first kappa shape index (κ1) is 18.2. The van der Waals surface area contributed by atoms with Crippen LogP contribution >= 0.6 is 0 Å². The molecule has 0 unspecified atom stereocenters. The number of methoxy groups -OCH3 is 1. The van der Waals surface area contributed by atoms with Crippen molar-refractivity contribution in [2.75, 3.05) is 30.4 Å². The molecule has 28 heavy (non-hydrogen) atoms. The van der Waals surface area contributed by atoms with Crippen molar-refractivity contribution < 1.29 is 9.53 Å². The largest absolute Gasteiger partial charge is 0.465 e. The molecule has 0 spiro atoms. The molecule has 1 N–H and O–H groups in total. The first-order valence-electron chi connectivity index (χ1n) is 9.72. The molecule has 1 fully saturated rings. The van der Waals surface area contributed by atoms with Gasteiger partial charge in [-0.25, -0.2) is 9.78 Å². The highest BCUT2D eigenvalue weighted by molar-refractivity contribution is 5.92. The molecule has 144 valence electrons. The summed E-state index contributed by atoms with van der Waals surface area (Å²) in [5.74, 6) is 1.13. The molecule has 1 aliphatic rings. The van der Waals surface area contributed by atoms with Crippen LogP contribution in [0.25, 0.3) is 10.9 Å². The van der Waals surface area contributed by atoms with Gasteiger partial charge in [0.2, 0.25) is 5.95 Å². The van der Waals surface area contributed by atoms with Gasteiger partial charge in [-0.2, -0.15) is 4.98 Å². The third kappa shape index (κ3) is 3.91. The summed E-state index contributed by atoms with van der Waals surface area (Å²) in [5.41, 5.74) is 2.14.